The number of unbranched alkanes of at least 4 members (excludes halogenated alkanes) is 20. The molecule has 0 bridgehead atoms. The lowest BCUT2D eigenvalue weighted by Gasteiger charge is -2.21. The molecule has 0 fully saturated rings. The van der Waals surface area contributed by atoms with Gasteiger partial charge in [-0.05, 0) is 70.6 Å². The van der Waals surface area contributed by atoms with E-state index in [4.69, 9.17) is 0 Å². The molecule has 1 amide bonds. The van der Waals surface area contributed by atoms with Crippen LogP contribution in [0.4, 0.5) is 0 Å². The summed E-state index contributed by atoms with van der Waals surface area (Å²) in [6.07, 6.45) is 45.2. The van der Waals surface area contributed by atoms with Gasteiger partial charge in [0.1, 0.15) is 0 Å². The fourth-order valence-electron chi connectivity index (χ4n) is 5.53. The monoisotopic (exact) mass is 680 g/mol. The molecule has 0 rings (SSSR count). The van der Waals surface area contributed by atoms with Gasteiger partial charge in [0.2, 0.25) is 5.91 Å². The van der Waals surface area contributed by atoms with Gasteiger partial charge in [-0.25, -0.2) is 0 Å². The average molecular weight is 680 g/mol. The van der Waals surface area contributed by atoms with E-state index >= 15 is 0 Å². The summed E-state index contributed by atoms with van der Waals surface area (Å²) in [4.78, 5) is 12.5. The van der Waals surface area contributed by atoms with E-state index in [1.165, 1.54) is 102 Å². The molecule has 47 heavy (non-hydrogen) atoms. The molecule has 2 atom stereocenters. The fraction of sp³-hybridized carbons (Fsp3) is 0.775. The van der Waals surface area contributed by atoms with Gasteiger partial charge in [-0.1, -0.05) is 152 Å². The van der Waals surface area contributed by atoms with Crippen molar-refractivity contribution in [1.29, 1.82) is 0 Å². The van der Waals surface area contributed by atoms with Crippen molar-refractivity contribution in [2.24, 2.45) is 0 Å². The van der Waals surface area contributed by atoms with Crippen LogP contribution in [0.25, 0.3) is 0 Å². The Morgan fingerprint density at radius 1 is 0.553 bits per heavy atom. The van der Waals surface area contributed by atoms with Crippen molar-refractivity contribution in [3.05, 3.63) is 48.6 Å². The number of aliphatic hydroxyl groups is 1. The first-order valence-corrected chi connectivity index (χ1v) is 20.9. The number of amides is 1. The third kappa shape index (κ3) is 35.4. The molecule has 3 N–H and O–H groups in total. The molecule has 0 saturated heterocycles. The SMILES string of the molecule is CCCCCC/C=C/CC/C=C/CC/C=C/C(O)C(CS(=O)(=O)O)NC(=O)CCCCCCCCC/C=C\CCCCCCCCC. The van der Waals surface area contributed by atoms with Crippen LogP contribution in [-0.2, 0) is 14.9 Å². The zero-order chi connectivity index (χ0) is 34.7. The zero-order valence-corrected chi connectivity index (χ0v) is 31.2. The normalized spacial score (nSPS) is 13.9. The second-order valence-corrected chi connectivity index (χ2v) is 14.7. The summed E-state index contributed by atoms with van der Waals surface area (Å²) in [5.74, 6) is -1.02. The third-order valence-electron chi connectivity index (χ3n) is 8.46. The molecular formula is C40H73NO5S. The van der Waals surface area contributed by atoms with Gasteiger partial charge in [-0.15, -0.1) is 0 Å². The minimum absolute atomic E-state index is 0.279. The first-order valence-electron chi connectivity index (χ1n) is 19.3. The van der Waals surface area contributed by atoms with Gasteiger partial charge in [-0.2, -0.15) is 8.42 Å². The number of nitrogens with one attached hydrogen (secondary N) is 1. The van der Waals surface area contributed by atoms with Crippen LogP contribution in [0, 0.1) is 0 Å². The van der Waals surface area contributed by atoms with Crippen molar-refractivity contribution in [1.82, 2.24) is 5.32 Å². The molecule has 2 unspecified atom stereocenters. The molecule has 0 aromatic heterocycles. The second kappa shape index (κ2) is 34.2. The number of carbonyl (C=O) groups is 1. The van der Waals surface area contributed by atoms with Crippen LogP contribution in [0.15, 0.2) is 48.6 Å². The fourth-order valence-corrected chi connectivity index (χ4v) is 6.27. The van der Waals surface area contributed by atoms with Crippen LogP contribution in [0.2, 0.25) is 0 Å². The Hall–Kier alpha value is -1.70. The Bertz CT molecular complexity index is 925. The molecule has 6 nitrogen and oxygen atoms in total. The Morgan fingerprint density at radius 3 is 1.36 bits per heavy atom. The molecule has 274 valence electrons. The lowest BCUT2D eigenvalue weighted by Crippen LogP contribution is -2.46. The minimum atomic E-state index is -4.36. The van der Waals surface area contributed by atoms with E-state index in [0.717, 1.165) is 57.8 Å². The van der Waals surface area contributed by atoms with Gasteiger partial charge in [-0.3, -0.25) is 9.35 Å². The summed E-state index contributed by atoms with van der Waals surface area (Å²) in [6, 6.07) is -1.08. The highest BCUT2D eigenvalue weighted by Gasteiger charge is 2.24. The molecule has 0 aliphatic carbocycles. The molecular weight excluding hydrogens is 607 g/mol. The Kier molecular flexibility index (Phi) is 32.9. The second-order valence-electron chi connectivity index (χ2n) is 13.2. The zero-order valence-electron chi connectivity index (χ0n) is 30.4. The largest absolute Gasteiger partial charge is 0.387 e. The van der Waals surface area contributed by atoms with Gasteiger partial charge in [0.25, 0.3) is 10.1 Å². The average Bonchev–Trinajstić information content (AvgIpc) is 3.03. The van der Waals surface area contributed by atoms with Crippen LogP contribution < -0.4 is 5.32 Å². The van der Waals surface area contributed by atoms with Gasteiger partial charge in [0.15, 0.2) is 0 Å². The summed E-state index contributed by atoms with van der Waals surface area (Å²) in [5.41, 5.74) is 0. The molecule has 0 saturated carbocycles. The van der Waals surface area contributed by atoms with Crippen LogP contribution in [0.5, 0.6) is 0 Å². The predicted molar refractivity (Wildman–Crippen MR) is 202 cm³/mol. The van der Waals surface area contributed by atoms with Crippen molar-refractivity contribution in [2.75, 3.05) is 5.75 Å². The van der Waals surface area contributed by atoms with E-state index in [2.05, 4.69) is 55.6 Å². The maximum atomic E-state index is 12.5. The van der Waals surface area contributed by atoms with Crippen LogP contribution in [-0.4, -0.2) is 41.9 Å². The highest BCUT2D eigenvalue weighted by atomic mass is 32.2. The lowest BCUT2D eigenvalue weighted by molar-refractivity contribution is -0.122. The number of hydrogen-bond donors (Lipinski definition) is 3. The van der Waals surface area contributed by atoms with Crippen LogP contribution in [0.3, 0.4) is 0 Å². The summed E-state index contributed by atoms with van der Waals surface area (Å²) >= 11 is 0. The van der Waals surface area contributed by atoms with E-state index in [1.807, 2.05) is 0 Å². The summed E-state index contributed by atoms with van der Waals surface area (Å²) < 4.78 is 32.4. The molecule has 0 aromatic carbocycles. The highest BCUT2D eigenvalue weighted by Crippen LogP contribution is 2.12. The van der Waals surface area contributed by atoms with E-state index in [0.29, 0.717) is 6.42 Å². The molecule has 0 aliphatic rings. The Labute approximate surface area is 290 Å². The van der Waals surface area contributed by atoms with Gasteiger partial charge < -0.3 is 10.4 Å². The van der Waals surface area contributed by atoms with Gasteiger partial charge >= 0.3 is 0 Å². The predicted octanol–water partition coefficient (Wildman–Crippen LogP) is 11.1. The topological polar surface area (TPSA) is 104 Å². The molecule has 0 radical (unpaired) electrons. The van der Waals surface area contributed by atoms with Crippen LogP contribution >= 0.6 is 0 Å². The van der Waals surface area contributed by atoms with E-state index < -0.39 is 28.0 Å². The number of carbonyl (C=O) groups excluding carboxylic acids is 1. The number of aliphatic hydroxyl groups excluding tert-OH is 1. The highest BCUT2D eigenvalue weighted by molar-refractivity contribution is 7.85. The molecule has 7 heteroatoms. The lowest BCUT2D eigenvalue weighted by atomic mass is 10.1. The summed E-state index contributed by atoms with van der Waals surface area (Å²) in [6.45, 7) is 4.49. The molecule has 0 aromatic rings. The van der Waals surface area contributed by atoms with E-state index in [-0.39, 0.29) is 12.3 Å². The quantitative estimate of drug-likeness (QED) is 0.0357. The van der Waals surface area contributed by atoms with Gasteiger partial charge in [0, 0.05) is 6.42 Å². The summed E-state index contributed by atoms with van der Waals surface area (Å²) in [5, 5.41) is 13.2. The minimum Gasteiger partial charge on any atom is -0.387 e. The van der Waals surface area contributed by atoms with Crippen molar-refractivity contribution in [2.45, 2.75) is 193 Å². The van der Waals surface area contributed by atoms with Crippen molar-refractivity contribution >= 4 is 16.0 Å². The number of rotatable bonds is 34. The van der Waals surface area contributed by atoms with Crippen molar-refractivity contribution < 1.29 is 22.9 Å². The molecule has 0 aliphatic heterocycles. The maximum absolute atomic E-state index is 12.5. The van der Waals surface area contributed by atoms with E-state index in [9.17, 15) is 22.9 Å². The Balaban J connectivity index is 4.02. The van der Waals surface area contributed by atoms with E-state index in [1.54, 1.807) is 6.08 Å². The third-order valence-corrected chi connectivity index (χ3v) is 9.24. The van der Waals surface area contributed by atoms with Crippen molar-refractivity contribution in [3.8, 4) is 0 Å². The maximum Gasteiger partial charge on any atom is 0.267 e. The first-order chi connectivity index (χ1) is 22.8. The Morgan fingerprint density at radius 2 is 0.915 bits per heavy atom. The summed E-state index contributed by atoms with van der Waals surface area (Å²) in [7, 11) is -4.36. The standard InChI is InChI=1S/C40H73NO5S/c1-3-5-7-9-11-13-15-17-19-20-21-22-24-26-28-30-32-34-36-40(43)41-38(37-47(44,45)46)39(42)35-33-31-29-27-25-23-18-16-14-12-10-8-6-4-2/h14,16,19-20,25,27,33,35,38-39,42H,3-13,15,17-18,21-24,26,28-32,34,36-37H2,1-2H3,(H,41,43)(H,44,45,46)/b16-14+,20-19-,27-25+,35-33+. The molecule has 0 spiro atoms. The smallest absolute Gasteiger partial charge is 0.267 e. The first kappa shape index (κ1) is 45.3. The number of hydrogen-bond acceptors (Lipinski definition) is 4. The van der Waals surface area contributed by atoms with Gasteiger partial charge in [0.05, 0.1) is 17.9 Å². The molecule has 0 heterocycles. The van der Waals surface area contributed by atoms with Crippen LogP contribution in [0.1, 0.15) is 181 Å². The van der Waals surface area contributed by atoms with Crippen molar-refractivity contribution in [3.63, 3.8) is 0 Å². The number of allylic oxidation sites excluding steroid dienone is 7.